The number of likely N-dealkylation sites (tertiary alicyclic amines) is 1. The fourth-order valence-electron chi connectivity index (χ4n) is 3.38. The molecule has 9 heteroatoms. The number of sulfonamides is 1. The maximum atomic E-state index is 12.3. The molecule has 0 atom stereocenters. The molecule has 1 fully saturated rings. The number of ether oxygens (including phenoxy) is 1. The minimum absolute atomic E-state index is 0.185. The Bertz CT molecular complexity index is 1010. The molecular weight excluding hydrogens is 386 g/mol. The monoisotopic (exact) mass is 405 g/mol. The molecule has 0 spiro atoms. The molecule has 4 rings (SSSR count). The van der Waals surface area contributed by atoms with Gasteiger partial charge in [0.1, 0.15) is 11.5 Å². The number of aryl methyl sites for hydroxylation is 1. The number of fused-ring (bicyclic) bond motifs is 1. The Morgan fingerprint density at radius 1 is 1.30 bits per heavy atom. The van der Waals surface area contributed by atoms with E-state index in [9.17, 15) is 13.2 Å². The predicted molar refractivity (Wildman–Crippen MR) is 101 cm³/mol. The SMILES string of the molecule is Cc1nc(COC(=O)C2CCN(C3=NS(=O)(=O)c4ccccc43)CC2)cs1. The molecule has 1 aromatic carbocycles. The lowest BCUT2D eigenvalue weighted by Crippen LogP contribution is -2.40. The summed E-state index contributed by atoms with van der Waals surface area (Å²) in [6, 6.07) is 6.85. The number of aromatic nitrogens is 1. The fraction of sp³-hybridized carbons (Fsp3) is 0.389. The van der Waals surface area contributed by atoms with E-state index in [4.69, 9.17) is 4.74 Å². The Hall–Kier alpha value is -2.26. The van der Waals surface area contributed by atoms with Crippen LogP contribution in [0.4, 0.5) is 0 Å². The molecule has 0 unspecified atom stereocenters. The van der Waals surface area contributed by atoms with E-state index in [2.05, 4.69) is 9.38 Å². The fourth-order valence-corrected chi connectivity index (χ4v) is 5.21. The van der Waals surface area contributed by atoms with Crippen LogP contribution in [0, 0.1) is 12.8 Å². The zero-order valence-electron chi connectivity index (χ0n) is 14.8. The molecule has 27 heavy (non-hydrogen) atoms. The molecule has 1 saturated heterocycles. The lowest BCUT2D eigenvalue weighted by Gasteiger charge is -2.32. The van der Waals surface area contributed by atoms with E-state index in [-0.39, 0.29) is 23.4 Å². The van der Waals surface area contributed by atoms with Gasteiger partial charge in [0.25, 0.3) is 10.0 Å². The zero-order chi connectivity index (χ0) is 19.0. The maximum absolute atomic E-state index is 12.3. The molecular formula is C18H19N3O4S2. The van der Waals surface area contributed by atoms with E-state index in [0.29, 0.717) is 37.3 Å². The van der Waals surface area contributed by atoms with Crippen molar-refractivity contribution in [3.05, 3.63) is 45.9 Å². The van der Waals surface area contributed by atoms with Gasteiger partial charge in [-0.25, -0.2) is 4.98 Å². The predicted octanol–water partition coefficient (Wildman–Crippen LogP) is 2.36. The summed E-state index contributed by atoms with van der Waals surface area (Å²) in [4.78, 5) is 18.8. The molecule has 2 aromatic rings. The van der Waals surface area contributed by atoms with Gasteiger partial charge in [-0.05, 0) is 31.9 Å². The number of amidine groups is 1. The molecule has 142 valence electrons. The Morgan fingerprint density at radius 2 is 2.04 bits per heavy atom. The summed E-state index contributed by atoms with van der Waals surface area (Å²) in [6.45, 7) is 3.24. The lowest BCUT2D eigenvalue weighted by molar-refractivity contribution is -0.151. The van der Waals surface area contributed by atoms with E-state index in [0.717, 1.165) is 10.7 Å². The quantitative estimate of drug-likeness (QED) is 0.729. The van der Waals surface area contributed by atoms with Gasteiger partial charge in [0.05, 0.1) is 16.6 Å². The zero-order valence-corrected chi connectivity index (χ0v) is 16.4. The summed E-state index contributed by atoms with van der Waals surface area (Å²) in [7, 11) is -3.62. The van der Waals surface area contributed by atoms with Gasteiger partial charge < -0.3 is 9.64 Å². The summed E-state index contributed by atoms with van der Waals surface area (Å²) in [6.07, 6.45) is 1.21. The van der Waals surface area contributed by atoms with Crippen molar-refractivity contribution in [3.63, 3.8) is 0 Å². The smallest absolute Gasteiger partial charge is 0.309 e. The van der Waals surface area contributed by atoms with Crippen molar-refractivity contribution >= 4 is 33.2 Å². The summed E-state index contributed by atoms with van der Waals surface area (Å²) < 4.78 is 33.8. The number of hydrogen-bond donors (Lipinski definition) is 0. The van der Waals surface area contributed by atoms with Crippen molar-refractivity contribution in [1.82, 2.24) is 9.88 Å². The number of nitrogens with zero attached hydrogens (tertiary/aromatic N) is 3. The maximum Gasteiger partial charge on any atom is 0.309 e. The van der Waals surface area contributed by atoms with Gasteiger partial charge in [-0.1, -0.05) is 12.1 Å². The van der Waals surface area contributed by atoms with Crippen molar-refractivity contribution < 1.29 is 17.9 Å². The second kappa shape index (κ2) is 7.05. The number of hydrogen-bond acceptors (Lipinski definition) is 7. The van der Waals surface area contributed by atoms with E-state index in [1.54, 1.807) is 24.3 Å². The van der Waals surface area contributed by atoms with Gasteiger partial charge in [-0.3, -0.25) is 4.79 Å². The third kappa shape index (κ3) is 3.61. The number of benzene rings is 1. The first-order valence-corrected chi connectivity index (χ1v) is 11.0. The molecule has 3 heterocycles. The first-order valence-electron chi connectivity index (χ1n) is 8.71. The number of thiazole rings is 1. The second-order valence-electron chi connectivity index (χ2n) is 6.61. The summed E-state index contributed by atoms with van der Waals surface area (Å²) in [5.41, 5.74) is 1.41. The molecule has 0 N–H and O–H groups in total. The minimum Gasteiger partial charge on any atom is -0.459 e. The topological polar surface area (TPSA) is 88.9 Å². The third-order valence-electron chi connectivity index (χ3n) is 4.77. The molecule has 7 nitrogen and oxygen atoms in total. The van der Waals surface area contributed by atoms with Crippen LogP contribution in [0.2, 0.25) is 0 Å². The van der Waals surface area contributed by atoms with Gasteiger partial charge in [-0.15, -0.1) is 15.7 Å². The van der Waals surface area contributed by atoms with Crippen molar-refractivity contribution in [2.45, 2.75) is 31.3 Å². The first kappa shape index (κ1) is 18.1. The largest absolute Gasteiger partial charge is 0.459 e. The van der Waals surface area contributed by atoms with Crippen molar-refractivity contribution in [3.8, 4) is 0 Å². The molecule has 0 aliphatic carbocycles. The average molecular weight is 406 g/mol. The van der Waals surface area contributed by atoms with Crippen molar-refractivity contribution in [2.24, 2.45) is 10.3 Å². The normalized spacial score (nSPS) is 18.9. The number of carbonyl (C=O) groups excluding carboxylic acids is 1. The van der Waals surface area contributed by atoms with E-state index in [1.165, 1.54) is 11.3 Å². The van der Waals surface area contributed by atoms with Crippen LogP contribution in [-0.4, -0.2) is 43.2 Å². The van der Waals surface area contributed by atoms with E-state index >= 15 is 0 Å². The van der Waals surface area contributed by atoms with Crippen LogP contribution in [-0.2, 0) is 26.2 Å². The van der Waals surface area contributed by atoms with Gasteiger partial charge in [0.2, 0.25) is 0 Å². The van der Waals surface area contributed by atoms with Crippen LogP contribution in [0.3, 0.4) is 0 Å². The standard InChI is InChI=1S/C18H19N3O4S2/c1-12-19-14(11-26-12)10-25-18(22)13-6-8-21(9-7-13)17-15-4-2-3-5-16(15)27(23,24)20-17/h2-5,11,13H,6-10H2,1H3. The highest BCUT2D eigenvalue weighted by Crippen LogP contribution is 2.30. The van der Waals surface area contributed by atoms with Gasteiger partial charge in [0, 0.05) is 24.0 Å². The van der Waals surface area contributed by atoms with Crippen LogP contribution in [0.1, 0.15) is 29.1 Å². The number of esters is 1. The highest BCUT2D eigenvalue weighted by molar-refractivity contribution is 7.90. The van der Waals surface area contributed by atoms with E-state index in [1.807, 2.05) is 17.2 Å². The third-order valence-corrected chi connectivity index (χ3v) is 6.92. The Kier molecular flexibility index (Phi) is 4.73. The second-order valence-corrected chi connectivity index (χ2v) is 9.25. The Morgan fingerprint density at radius 3 is 2.74 bits per heavy atom. The minimum atomic E-state index is -3.62. The van der Waals surface area contributed by atoms with Gasteiger partial charge in [-0.2, -0.15) is 8.42 Å². The summed E-state index contributed by atoms with van der Waals surface area (Å²) in [5.74, 6) is 0.0758. The molecule has 2 aliphatic rings. The van der Waals surface area contributed by atoms with Gasteiger partial charge >= 0.3 is 5.97 Å². The molecule has 0 radical (unpaired) electrons. The van der Waals surface area contributed by atoms with Crippen LogP contribution in [0.25, 0.3) is 0 Å². The number of piperidine rings is 1. The van der Waals surface area contributed by atoms with Crippen molar-refractivity contribution in [1.29, 1.82) is 0 Å². The van der Waals surface area contributed by atoms with Crippen molar-refractivity contribution in [2.75, 3.05) is 13.1 Å². The Labute approximate surface area is 161 Å². The van der Waals surface area contributed by atoms with Crippen LogP contribution >= 0.6 is 11.3 Å². The number of rotatable bonds is 3. The van der Waals surface area contributed by atoms with Crippen LogP contribution in [0.15, 0.2) is 38.9 Å². The highest BCUT2D eigenvalue weighted by Gasteiger charge is 2.34. The average Bonchev–Trinajstić information content (AvgIpc) is 3.21. The van der Waals surface area contributed by atoms with E-state index < -0.39 is 10.0 Å². The number of carbonyl (C=O) groups is 1. The van der Waals surface area contributed by atoms with Crippen LogP contribution < -0.4 is 0 Å². The summed E-state index contributed by atoms with van der Waals surface area (Å²) >= 11 is 1.53. The lowest BCUT2D eigenvalue weighted by atomic mass is 9.96. The molecule has 0 bridgehead atoms. The van der Waals surface area contributed by atoms with Gasteiger partial charge in [0.15, 0.2) is 5.84 Å². The summed E-state index contributed by atoms with van der Waals surface area (Å²) in [5, 5.41) is 2.84. The molecule has 0 saturated carbocycles. The molecule has 2 aliphatic heterocycles. The molecule has 1 aromatic heterocycles. The highest BCUT2D eigenvalue weighted by atomic mass is 32.2. The molecule has 0 amide bonds. The Balaban J connectivity index is 1.37. The first-order chi connectivity index (χ1) is 12.9. The van der Waals surface area contributed by atoms with Crippen LogP contribution in [0.5, 0.6) is 0 Å².